The molecule has 0 aliphatic carbocycles. The van der Waals surface area contributed by atoms with Crippen LogP contribution in [0.1, 0.15) is 16.9 Å². The standard InChI is InChI=1S/C15H13FN2O4/c16-11-3-1-9(2-4-11)13-12(17-8-22-13)14(19)18-6-5-10(7-18)15(20)21/h1-4,8,10H,5-7H2,(H,20,21). The van der Waals surface area contributed by atoms with Crippen molar-refractivity contribution < 1.29 is 23.5 Å². The third-order valence-electron chi connectivity index (χ3n) is 3.70. The van der Waals surface area contributed by atoms with Crippen LogP contribution in [0.3, 0.4) is 0 Å². The second-order valence-corrected chi connectivity index (χ2v) is 5.11. The summed E-state index contributed by atoms with van der Waals surface area (Å²) < 4.78 is 18.2. The number of aliphatic carboxylic acids is 1. The van der Waals surface area contributed by atoms with E-state index < -0.39 is 11.9 Å². The number of hydrogen-bond acceptors (Lipinski definition) is 4. The van der Waals surface area contributed by atoms with Crippen molar-refractivity contribution in [2.45, 2.75) is 6.42 Å². The SMILES string of the molecule is O=C(O)C1CCN(C(=O)c2ncoc2-c2ccc(F)cc2)C1. The molecule has 0 saturated carbocycles. The maximum Gasteiger partial charge on any atom is 0.308 e. The number of rotatable bonds is 3. The number of oxazole rings is 1. The topological polar surface area (TPSA) is 83.6 Å². The Labute approximate surface area is 125 Å². The number of aromatic nitrogens is 1. The van der Waals surface area contributed by atoms with Crippen LogP contribution < -0.4 is 0 Å². The fourth-order valence-corrected chi connectivity index (χ4v) is 2.50. The number of halogens is 1. The van der Waals surface area contributed by atoms with E-state index in [4.69, 9.17) is 9.52 Å². The minimum Gasteiger partial charge on any atom is -0.481 e. The van der Waals surface area contributed by atoms with Crippen LogP contribution in [0.5, 0.6) is 0 Å². The monoisotopic (exact) mass is 304 g/mol. The van der Waals surface area contributed by atoms with Crippen LogP contribution in [0.15, 0.2) is 35.1 Å². The molecule has 2 heterocycles. The van der Waals surface area contributed by atoms with E-state index in [1.807, 2.05) is 0 Å². The van der Waals surface area contributed by atoms with Crippen molar-refractivity contribution in [2.24, 2.45) is 5.92 Å². The van der Waals surface area contributed by atoms with Gasteiger partial charge in [0.1, 0.15) is 5.82 Å². The fourth-order valence-electron chi connectivity index (χ4n) is 2.50. The van der Waals surface area contributed by atoms with Gasteiger partial charge < -0.3 is 14.4 Å². The Morgan fingerprint density at radius 3 is 2.68 bits per heavy atom. The molecule has 1 atom stereocenters. The van der Waals surface area contributed by atoms with Crippen molar-refractivity contribution in [1.82, 2.24) is 9.88 Å². The maximum absolute atomic E-state index is 13.0. The molecule has 3 rings (SSSR count). The molecule has 1 unspecified atom stereocenters. The third kappa shape index (κ3) is 2.57. The number of hydrogen-bond donors (Lipinski definition) is 1. The Balaban J connectivity index is 1.84. The van der Waals surface area contributed by atoms with E-state index >= 15 is 0 Å². The molecule has 7 heteroatoms. The summed E-state index contributed by atoms with van der Waals surface area (Å²) in [4.78, 5) is 28.8. The lowest BCUT2D eigenvalue weighted by Gasteiger charge is -2.14. The van der Waals surface area contributed by atoms with Gasteiger partial charge in [0.05, 0.1) is 5.92 Å². The molecule has 1 amide bonds. The molecule has 1 fully saturated rings. The van der Waals surface area contributed by atoms with Gasteiger partial charge in [-0.15, -0.1) is 0 Å². The summed E-state index contributed by atoms with van der Waals surface area (Å²) in [7, 11) is 0. The van der Waals surface area contributed by atoms with Gasteiger partial charge in [-0.3, -0.25) is 9.59 Å². The van der Waals surface area contributed by atoms with Gasteiger partial charge in [0.25, 0.3) is 5.91 Å². The molecule has 6 nitrogen and oxygen atoms in total. The molecule has 1 aromatic carbocycles. The van der Waals surface area contributed by atoms with Crippen molar-refractivity contribution in [2.75, 3.05) is 13.1 Å². The van der Waals surface area contributed by atoms with E-state index in [0.717, 1.165) is 6.39 Å². The molecule has 0 spiro atoms. The molecule has 1 aliphatic rings. The van der Waals surface area contributed by atoms with Crippen LogP contribution in [0, 0.1) is 11.7 Å². The predicted octanol–water partition coefficient (Wildman–Crippen LogP) is 2.03. The van der Waals surface area contributed by atoms with Gasteiger partial charge in [0, 0.05) is 18.7 Å². The highest BCUT2D eigenvalue weighted by Gasteiger charge is 2.33. The smallest absolute Gasteiger partial charge is 0.308 e. The van der Waals surface area contributed by atoms with Crippen molar-refractivity contribution in [3.8, 4) is 11.3 Å². The summed E-state index contributed by atoms with van der Waals surface area (Å²) >= 11 is 0. The molecule has 0 bridgehead atoms. The van der Waals surface area contributed by atoms with E-state index in [2.05, 4.69) is 4.98 Å². The minimum atomic E-state index is -0.908. The zero-order chi connectivity index (χ0) is 15.7. The summed E-state index contributed by atoms with van der Waals surface area (Å²) in [5, 5.41) is 8.99. The first kappa shape index (κ1) is 14.2. The van der Waals surface area contributed by atoms with Crippen LogP contribution in [-0.4, -0.2) is 40.0 Å². The van der Waals surface area contributed by atoms with Crippen molar-refractivity contribution in [3.05, 3.63) is 42.2 Å². The lowest BCUT2D eigenvalue weighted by molar-refractivity contribution is -0.141. The van der Waals surface area contributed by atoms with Crippen LogP contribution >= 0.6 is 0 Å². The molecule has 2 aromatic rings. The minimum absolute atomic E-state index is 0.109. The van der Waals surface area contributed by atoms with Crippen LogP contribution in [0.2, 0.25) is 0 Å². The summed E-state index contributed by atoms with van der Waals surface area (Å²) in [5.41, 5.74) is 0.647. The highest BCUT2D eigenvalue weighted by atomic mass is 19.1. The summed E-state index contributed by atoms with van der Waals surface area (Å²) in [6.45, 7) is 0.523. The average Bonchev–Trinajstić information content (AvgIpc) is 3.17. The second-order valence-electron chi connectivity index (χ2n) is 5.11. The van der Waals surface area contributed by atoms with Crippen LogP contribution in [0.4, 0.5) is 4.39 Å². The van der Waals surface area contributed by atoms with Gasteiger partial charge in [-0.25, -0.2) is 9.37 Å². The first-order valence-electron chi connectivity index (χ1n) is 6.78. The number of carboxylic acids is 1. The van der Waals surface area contributed by atoms with Crippen molar-refractivity contribution in [3.63, 3.8) is 0 Å². The Morgan fingerprint density at radius 1 is 1.32 bits per heavy atom. The molecular weight excluding hydrogens is 291 g/mol. The van der Waals surface area contributed by atoms with Crippen LogP contribution in [-0.2, 0) is 4.79 Å². The summed E-state index contributed by atoms with van der Waals surface area (Å²) in [5.74, 6) is -1.97. The number of likely N-dealkylation sites (tertiary alicyclic amines) is 1. The van der Waals surface area contributed by atoms with Crippen molar-refractivity contribution in [1.29, 1.82) is 0 Å². The zero-order valence-corrected chi connectivity index (χ0v) is 11.5. The van der Waals surface area contributed by atoms with Gasteiger partial charge >= 0.3 is 5.97 Å². The Hall–Kier alpha value is -2.70. The fraction of sp³-hybridized carbons (Fsp3) is 0.267. The molecule has 1 N–H and O–H groups in total. The molecule has 1 saturated heterocycles. The first-order valence-corrected chi connectivity index (χ1v) is 6.78. The predicted molar refractivity (Wildman–Crippen MR) is 73.5 cm³/mol. The number of nitrogens with zero attached hydrogens (tertiary/aromatic N) is 2. The average molecular weight is 304 g/mol. The van der Waals surface area contributed by atoms with Gasteiger partial charge in [-0.2, -0.15) is 0 Å². The number of carbonyl (C=O) groups excluding carboxylic acids is 1. The number of carboxylic acid groups (broad SMARTS) is 1. The van der Waals surface area contributed by atoms with Gasteiger partial charge in [0.15, 0.2) is 17.8 Å². The molecular formula is C15H13FN2O4. The van der Waals surface area contributed by atoms with E-state index in [9.17, 15) is 14.0 Å². The maximum atomic E-state index is 13.0. The normalized spacial score (nSPS) is 17.7. The Kier molecular flexibility index (Phi) is 3.62. The van der Waals surface area contributed by atoms with E-state index in [1.165, 1.54) is 29.2 Å². The van der Waals surface area contributed by atoms with Gasteiger partial charge in [0.2, 0.25) is 0 Å². The van der Waals surface area contributed by atoms with Crippen molar-refractivity contribution >= 4 is 11.9 Å². The molecule has 1 aromatic heterocycles. The van der Waals surface area contributed by atoms with Crippen LogP contribution in [0.25, 0.3) is 11.3 Å². The summed E-state index contributed by atoms with van der Waals surface area (Å²) in [6, 6.07) is 5.53. The Morgan fingerprint density at radius 2 is 2.05 bits per heavy atom. The highest BCUT2D eigenvalue weighted by molar-refractivity contribution is 5.98. The molecule has 114 valence electrons. The summed E-state index contributed by atoms with van der Waals surface area (Å²) in [6.07, 6.45) is 1.57. The highest BCUT2D eigenvalue weighted by Crippen LogP contribution is 2.26. The second kappa shape index (κ2) is 5.59. The van der Waals surface area contributed by atoms with E-state index in [1.54, 1.807) is 0 Å². The van der Waals surface area contributed by atoms with E-state index in [-0.39, 0.29) is 29.7 Å². The lowest BCUT2D eigenvalue weighted by atomic mass is 10.1. The number of benzene rings is 1. The first-order chi connectivity index (χ1) is 10.6. The molecule has 0 radical (unpaired) electrons. The molecule has 22 heavy (non-hydrogen) atoms. The quantitative estimate of drug-likeness (QED) is 0.938. The zero-order valence-electron chi connectivity index (χ0n) is 11.5. The number of amides is 1. The van der Waals surface area contributed by atoms with Gasteiger partial charge in [-0.1, -0.05) is 0 Å². The Bertz CT molecular complexity index is 711. The van der Waals surface area contributed by atoms with Gasteiger partial charge in [-0.05, 0) is 30.7 Å². The molecule has 1 aliphatic heterocycles. The lowest BCUT2D eigenvalue weighted by Crippen LogP contribution is -2.30. The number of carbonyl (C=O) groups is 2. The van der Waals surface area contributed by atoms with E-state index in [0.29, 0.717) is 18.5 Å². The third-order valence-corrected chi connectivity index (χ3v) is 3.70. The largest absolute Gasteiger partial charge is 0.481 e.